The maximum absolute atomic E-state index is 4.71. The second kappa shape index (κ2) is 10.3. The van der Waals surface area contributed by atoms with Crippen molar-refractivity contribution in [3.63, 3.8) is 0 Å². The van der Waals surface area contributed by atoms with E-state index in [-0.39, 0.29) is 30.0 Å². The highest BCUT2D eigenvalue weighted by Gasteiger charge is 2.14. The number of benzene rings is 2. The molecule has 0 fully saturated rings. The zero-order valence-corrected chi connectivity index (χ0v) is 19.1. The Morgan fingerprint density at radius 3 is 2.25 bits per heavy atom. The summed E-state index contributed by atoms with van der Waals surface area (Å²) >= 11 is 0. The number of hydrogen-bond donors (Lipinski definition) is 2. The molecule has 3 aromatic rings. The maximum Gasteiger partial charge on any atom is 0.191 e. The van der Waals surface area contributed by atoms with Gasteiger partial charge in [-0.2, -0.15) is 5.10 Å². The van der Waals surface area contributed by atoms with Crippen LogP contribution in [0.15, 0.2) is 65.7 Å². The zero-order valence-electron chi connectivity index (χ0n) is 16.8. The Hall–Kier alpha value is -2.35. The Kier molecular flexibility index (Phi) is 8.04. The van der Waals surface area contributed by atoms with E-state index >= 15 is 0 Å². The van der Waals surface area contributed by atoms with Crippen LogP contribution in [-0.2, 0) is 6.54 Å². The van der Waals surface area contributed by atoms with Crippen LogP contribution < -0.4 is 10.6 Å². The molecule has 2 aromatic carbocycles. The minimum atomic E-state index is 0. The lowest BCUT2D eigenvalue weighted by Gasteiger charge is -2.18. The van der Waals surface area contributed by atoms with Crippen molar-refractivity contribution in [1.82, 2.24) is 20.4 Å². The van der Waals surface area contributed by atoms with Gasteiger partial charge < -0.3 is 10.6 Å². The SMILES string of the molecule is CN=C(NCc1c(C)nn(-c2ccccc2)c1C)NC(C)c1ccccc1.I. The first-order valence-corrected chi connectivity index (χ1v) is 9.22. The molecule has 1 heterocycles. The van der Waals surface area contributed by atoms with E-state index in [0.717, 1.165) is 23.0 Å². The molecule has 5 nitrogen and oxygen atoms in total. The number of aryl methyl sites for hydroxylation is 1. The third-order valence-electron chi connectivity index (χ3n) is 4.75. The maximum atomic E-state index is 4.71. The number of hydrogen-bond acceptors (Lipinski definition) is 2. The number of aliphatic imine (C=N–C) groups is 1. The quantitative estimate of drug-likeness (QED) is 0.315. The van der Waals surface area contributed by atoms with Crippen molar-refractivity contribution in [2.24, 2.45) is 4.99 Å². The van der Waals surface area contributed by atoms with E-state index in [4.69, 9.17) is 5.10 Å². The molecule has 0 bridgehead atoms. The molecule has 1 unspecified atom stereocenters. The average Bonchev–Trinajstić information content (AvgIpc) is 3.00. The van der Waals surface area contributed by atoms with Crippen LogP contribution in [0.2, 0.25) is 0 Å². The Morgan fingerprint density at radius 2 is 1.64 bits per heavy atom. The van der Waals surface area contributed by atoms with E-state index in [1.807, 2.05) is 48.0 Å². The number of guanidine groups is 1. The fourth-order valence-electron chi connectivity index (χ4n) is 3.15. The summed E-state index contributed by atoms with van der Waals surface area (Å²) in [6.45, 7) is 6.96. The molecular weight excluding hydrogens is 461 g/mol. The van der Waals surface area contributed by atoms with E-state index in [0.29, 0.717) is 6.54 Å². The number of halogens is 1. The molecule has 0 aliphatic heterocycles. The molecule has 6 heteroatoms. The molecule has 3 rings (SSSR count). The van der Waals surface area contributed by atoms with Crippen molar-refractivity contribution in [2.45, 2.75) is 33.4 Å². The van der Waals surface area contributed by atoms with Crippen molar-refractivity contribution in [1.29, 1.82) is 0 Å². The second-order valence-corrected chi connectivity index (χ2v) is 6.60. The highest BCUT2D eigenvalue weighted by atomic mass is 127. The highest BCUT2D eigenvalue weighted by Crippen LogP contribution is 2.17. The van der Waals surface area contributed by atoms with Gasteiger partial charge in [0.25, 0.3) is 0 Å². The first kappa shape index (κ1) is 21.9. The number of para-hydroxylation sites is 1. The first-order valence-electron chi connectivity index (χ1n) is 9.22. The van der Waals surface area contributed by atoms with Crippen LogP contribution in [0, 0.1) is 13.8 Å². The predicted molar refractivity (Wildman–Crippen MR) is 127 cm³/mol. The normalized spacial score (nSPS) is 12.2. The van der Waals surface area contributed by atoms with E-state index in [1.54, 1.807) is 7.05 Å². The lowest BCUT2D eigenvalue weighted by molar-refractivity contribution is 0.684. The van der Waals surface area contributed by atoms with Gasteiger partial charge in [0.1, 0.15) is 0 Å². The summed E-state index contributed by atoms with van der Waals surface area (Å²) in [7, 11) is 1.79. The molecule has 0 saturated heterocycles. The Labute approximate surface area is 184 Å². The van der Waals surface area contributed by atoms with E-state index in [2.05, 4.69) is 53.7 Å². The lowest BCUT2D eigenvalue weighted by Crippen LogP contribution is -2.38. The van der Waals surface area contributed by atoms with Crippen molar-refractivity contribution >= 4 is 29.9 Å². The number of rotatable bonds is 5. The molecule has 28 heavy (non-hydrogen) atoms. The molecule has 0 aliphatic rings. The van der Waals surface area contributed by atoms with Crippen LogP contribution >= 0.6 is 24.0 Å². The number of nitrogens with zero attached hydrogens (tertiary/aromatic N) is 3. The standard InChI is InChI=1S/C22H27N5.HI/c1-16(19-11-7-5-8-12-19)25-22(23-4)24-15-21-17(2)26-27(18(21)3)20-13-9-6-10-14-20;/h5-14,16H,15H2,1-4H3,(H2,23,24,25);1H. The topological polar surface area (TPSA) is 54.2 Å². The Balaban J connectivity index is 0.00000280. The molecule has 1 aromatic heterocycles. The molecule has 2 N–H and O–H groups in total. The molecule has 0 saturated carbocycles. The molecule has 148 valence electrons. The van der Waals surface area contributed by atoms with Crippen LogP contribution in [0.3, 0.4) is 0 Å². The van der Waals surface area contributed by atoms with Crippen molar-refractivity contribution in [2.75, 3.05) is 7.05 Å². The van der Waals surface area contributed by atoms with Crippen LogP contribution in [0.4, 0.5) is 0 Å². The molecule has 0 spiro atoms. The van der Waals surface area contributed by atoms with Crippen molar-refractivity contribution in [3.8, 4) is 5.69 Å². The summed E-state index contributed by atoms with van der Waals surface area (Å²) < 4.78 is 2.00. The predicted octanol–water partition coefficient (Wildman–Crippen LogP) is 4.53. The summed E-state index contributed by atoms with van der Waals surface area (Å²) in [4.78, 5) is 4.36. The zero-order chi connectivity index (χ0) is 19.2. The van der Waals surface area contributed by atoms with Crippen LogP contribution in [-0.4, -0.2) is 22.8 Å². The molecule has 0 amide bonds. The molecular formula is C22H28IN5. The van der Waals surface area contributed by atoms with Gasteiger partial charge in [0, 0.05) is 24.8 Å². The summed E-state index contributed by atoms with van der Waals surface area (Å²) in [5, 5.41) is 11.6. The van der Waals surface area contributed by atoms with Gasteiger partial charge in [0.15, 0.2) is 5.96 Å². The fraction of sp³-hybridized carbons (Fsp3) is 0.273. The van der Waals surface area contributed by atoms with Gasteiger partial charge in [-0.1, -0.05) is 48.5 Å². The minimum absolute atomic E-state index is 0. The van der Waals surface area contributed by atoms with Crippen molar-refractivity contribution < 1.29 is 0 Å². The van der Waals surface area contributed by atoms with Gasteiger partial charge in [0.2, 0.25) is 0 Å². The van der Waals surface area contributed by atoms with E-state index in [9.17, 15) is 0 Å². The summed E-state index contributed by atoms with van der Waals surface area (Å²) in [5.74, 6) is 0.776. The second-order valence-electron chi connectivity index (χ2n) is 6.60. The fourth-order valence-corrected chi connectivity index (χ4v) is 3.15. The third-order valence-corrected chi connectivity index (χ3v) is 4.75. The molecule has 0 aliphatic carbocycles. The number of nitrogens with one attached hydrogen (secondary N) is 2. The van der Waals surface area contributed by atoms with Crippen LogP contribution in [0.1, 0.15) is 35.5 Å². The lowest BCUT2D eigenvalue weighted by atomic mass is 10.1. The Morgan fingerprint density at radius 1 is 1.04 bits per heavy atom. The van der Waals surface area contributed by atoms with Gasteiger partial charge in [-0.3, -0.25) is 4.99 Å². The van der Waals surface area contributed by atoms with Gasteiger partial charge in [-0.05, 0) is 38.5 Å². The Bertz CT molecular complexity index is 903. The first-order chi connectivity index (χ1) is 13.1. The van der Waals surface area contributed by atoms with Gasteiger partial charge in [-0.25, -0.2) is 4.68 Å². The summed E-state index contributed by atoms with van der Waals surface area (Å²) in [5.41, 5.74) is 5.65. The highest BCUT2D eigenvalue weighted by molar-refractivity contribution is 14.0. The van der Waals surface area contributed by atoms with Crippen molar-refractivity contribution in [3.05, 3.63) is 83.2 Å². The van der Waals surface area contributed by atoms with E-state index in [1.165, 1.54) is 11.1 Å². The smallest absolute Gasteiger partial charge is 0.191 e. The van der Waals surface area contributed by atoms with E-state index < -0.39 is 0 Å². The number of aromatic nitrogens is 2. The largest absolute Gasteiger partial charge is 0.352 e. The van der Waals surface area contributed by atoms with Gasteiger partial charge in [-0.15, -0.1) is 24.0 Å². The summed E-state index contributed by atoms with van der Waals surface area (Å²) in [6.07, 6.45) is 0. The molecule has 0 radical (unpaired) electrons. The molecule has 1 atom stereocenters. The van der Waals surface area contributed by atoms with Crippen LogP contribution in [0.5, 0.6) is 0 Å². The van der Waals surface area contributed by atoms with Gasteiger partial charge >= 0.3 is 0 Å². The minimum Gasteiger partial charge on any atom is -0.352 e. The average molecular weight is 489 g/mol. The monoisotopic (exact) mass is 489 g/mol. The van der Waals surface area contributed by atoms with Crippen LogP contribution in [0.25, 0.3) is 5.69 Å². The van der Waals surface area contributed by atoms with Gasteiger partial charge in [0.05, 0.1) is 17.4 Å². The third kappa shape index (κ3) is 5.13. The summed E-state index contributed by atoms with van der Waals surface area (Å²) in [6, 6.07) is 20.7.